The van der Waals surface area contributed by atoms with Crippen molar-refractivity contribution < 1.29 is 18.0 Å². The van der Waals surface area contributed by atoms with E-state index in [9.17, 15) is 0 Å². The van der Waals surface area contributed by atoms with Gasteiger partial charge in [0.15, 0.2) is 5.96 Å². The topological polar surface area (TPSA) is 73.3 Å². The molecule has 0 saturated carbocycles. The molecule has 0 aliphatic carbocycles. The third-order valence-corrected chi connectivity index (χ3v) is 5.31. The molecule has 0 aromatic rings. The molecule has 0 aromatic heterocycles. The van der Waals surface area contributed by atoms with Crippen LogP contribution in [0.25, 0.3) is 0 Å². The second-order valence-electron chi connectivity index (χ2n) is 5.93. The van der Waals surface area contributed by atoms with Crippen LogP contribution in [0, 0.1) is 0 Å². The first-order valence-corrected chi connectivity index (χ1v) is 10.9. The van der Waals surface area contributed by atoms with Crippen molar-refractivity contribution in [1.29, 1.82) is 0 Å². The van der Waals surface area contributed by atoms with E-state index in [1.165, 1.54) is 0 Å². The summed E-state index contributed by atoms with van der Waals surface area (Å²) in [6, 6.07) is 0.561. The second kappa shape index (κ2) is 14.3. The van der Waals surface area contributed by atoms with E-state index in [1.807, 2.05) is 27.7 Å². The fourth-order valence-electron chi connectivity index (χ4n) is 1.96. The molecule has 0 saturated heterocycles. The van der Waals surface area contributed by atoms with E-state index < -0.39 is 8.80 Å². The summed E-state index contributed by atoms with van der Waals surface area (Å²) in [6.45, 7) is 19.0. The molecule has 0 spiro atoms. The molecule has 0 amide bonds. The van der Waals surface area contributed by atoms with E-state index in [-0.39, 0.29) is 6.04 Å². The van der Waals surface area contributed by atoms with E-state index in [2.05, 4.69) is 36.1 Å². The summed E-state index contributed by atoms with van der Waals surface area (Å²) in [4.78, 5) is 4.51. The van der Waals surface area contributed by atoms with Crippen molar-refractivity contribution in [3.05, 3.63) is 12.3 Å². The summed E-state index contributed by atoms with van der Waals surface area (Å²) < 4.78 is 22.7. The summed E-state index contributed by atoms with van der Waals surface area (Å²) >= 11 is 0. The molecule has 0 radical (unpaired) electrons. The van der Waals surface area contributed by atoms with Gasteiger partial charge in [0.05, 0.1) is 19.8 Å². The lowest BCUT2D eigenvalue weighted by Gasteiger charge is -2.25. The smallest absolute Gasteiger partial charge is 0.377 e. The summed E-state index contributed by atoms with van der Waals surface area (Å²) in [5, 5.41) is 6.55. The zero-order valence-electron chi connectivity index (χ0n) is 16.8. The van der Waals surface area contributed by atoms with Crippen LogP contribution in [0.5, 0.6) is 0 Å². The van der Waals surface area contributed by atoms with Crippen LogP contribution in [0.2, 0.25) is 0 Å². The number of ether oxygens (including phenoxy) is 1. The van der Waals surface area contributed by atoms with Crippen molar-refractivity contribution in [2.45, 2.75) is 53.6 Å². The molecule has 0 rings (SSSR count). The van der Waals surface area contributed by atoms with Crippen molar-refractivity contribution in [1.82, 2.24) is 10.6 Å². The number of hydrogen-bond donors (Lipinski definition) is 2. The summed E-state index contributed by atoms with van der Waals surface area (Å²) in [5.74, 6) is 0.802. The molecule has 0 aliphatic rings. The molecular weight excluding hydrogens is 338 g/mol. The first kappa shape index (κ1) is 24.1. The predicted octanol–water partition coefficient (Wildman–Crippen LogP) is 2.11. The average molecular weight is 376 g/mol. The lowest BCUT2D eigenvalue weighted by atomic mass is 10.4. The van der Waals surface area contributed by atoms with Crippen LogP contribution in [-0.4, -0.2) is 66.4 Å². The monoisotopic (exact) mass is 375 g/mol. The Morgan fingerprint density at radius 1 is 1.04 bits per heavy atom. The van der Waals surface area contributed by atoms with Gasteiger partial charge in [0.2, 0.25) is 0 Å². The molecule has 0 atom stereocenters. The highest BCUT2D eigenvalue weighted by molar-refractivity contribution is 6.66. The van der Waals surface area contributed by atoms with Crippen LogP contribution in [0.3, 0.4) is 0 Å². The highest BCUT2D eigenvalue weighted by Crippen LogP contribution is 2.10. The standard InChI is InChI=1S/C17H37N3O4Si/c1-8-22-25(10-3,23-9-2)24-14-13-21-12-11-18-17(19-15(4)5)20-16(6)7/h10,15-16H,3,8-9,11-14H2,1-2,4-7H3,(H2,18,19,20). The van der Waals surface area contributed by atoms with Gasteiger partial charge in [-0.05, 0) is 47.2 Å². The number of rotatable bonds is 14. The Morgan fingerprint density at radius 3 is 2.16 bits per heavy atom. The first-order chi connectivity index (χ1) is 11.9. The van der Waals surface area contributed by atoms with Gasteiger partial charge in [-0.2, -0.15) is 0 Å². The minimum atomic E-state index is -2.75. The van der Waals surface area contributed by atoms with E-state index in [1.54, 1.807) is 5.70 Å². The van der Waals surface area contributed by atoms with Gasteiger partial charge >= 0.3 is 8.80 Å². The van der Waals surface area contributed by atoms with Crippen molar-refractivity contribution in [2.24, 2.45) is 4.99 Å². The van der Waals surface area contributed by atoms with Crippen molar-refractivity contribution in [3.8, 4) is 0 Å². The highest BCUT2D eigenvalue weighted by Gasteiger charge is 2.36. The molecule has 0 aliphatic heterocycles. The number of guanidine groups is 1. The predicted molar refractivity (Wildman–Crippen MR) is 105 cm³/mol. The van der Waals surface area contributed by atoms with Gasteiger partial charge in [0.25, 0.3) is 0 Å². The van der Waals surface area contributed by atoms with E-state index in [0.29, 0.717) is 45.6 Å². The van der Waals surface area contributed by atoms with E-state index in [0.717, 1.165) is 5.96 Å². The zero-order valence-corrected chi connectivity index (χ0v) is 17.8. The SMILES string of the molecule is C=C[Si](OCC)(OCC)OCCOCCN/C(=N\C(C)C)NC(C)C. The maximum absolute atomic E-state index is 5.79. The summed E-state index contributed by atoms with van der Waals surface area (Å²) in [6.07, 6.45) is 0. The lowest BCUT2D eigenvalue weighted by molar-refractivity contribution is 0.0435. The van der Waals surface area contributed by atoms with Crippen molar-refractivity contribution in [2.75, 3.05) is 39.6 Å². The maximum Gasteiger partial charge on any atom is 0.529 e. The van der Waals surface area contributed by atoms with Crippen LogP contribution < -0.4 is 10.6 Å². The first-order valence-electron chi connectivity index (χ1n) is 9.10. The summed E-state index contributed by atoms with van der Waals surface area (Å²) in [5.41, 5.74) is 1.66. The molecule has 0 heterocycles. The fraction of sp³-hybridized carbons (Fsp3) is 0.824. The molecule has 0 fully saturated rings. The van der Waals surface area contributed by atoms with Gasteiger partial charge in [-0.25, -0.2) is 0 Å². The minimum absolute atomic E-state index is 0.234. The highest BCUT2D eigenvalue weighted by atomic mass is 28.4. The fourth-order valence-corrected chi connectivity index (χ4v) is 3.73. The van der Waals surface area contributed by atoms with Gasteiger partial charge in [0.1, 0.15) is 0 Å². The van der Waals surface area contributed by atoms with Crippen LogP contribution in [0.4, 0.5) is 0 Å². The minimum Gasteiger partial charge on any atom is -0.377 e. The Balaban J connectivity index is 4.05. The normalized spacial score (nSPS) is 12.7. The van der Waals surface area contributed by atoms with E-state index in [4.69, 9.17) is 18.0 Å². The molecule has 8 heteroatoms. The Bertz CT molecular complexity index is 373. The second-order valence-corrected chi connectivity index (χ2v) is 8.41. The van der Waals surface area contributed by atoms with Gasteiger partial charge in [0, 0.05) is 31.8 Å². The van der Waals surface area contributed by atoms with Crippen LogP contribution in [0.1, 0.15) is 41.5 Å². The van der Waals surface area contributed by atoms with Crippen LogP contribution >= 0.6 is 0 Å². The molecule has 7 nitrogen and oxygen atoms in total. The third-order valence-electron chi connectivity index (χ3n) is 2.82. The Hall–Kier alpha value is -0.933. The van der Waals surface area contributed by atoms with Gasteiger partial charge in [-0.3, -0.25) is 4.99 Å². The van der Waals surface area contributed by atoms with E-state index >= 15 is 0 Å². The van der Waals surface area contributed by atoms with Gasteiger partial charge in [-0.15, -0.1) is 0 Å². The Labute approximate surface area is 154 Å². The van der Waals surface area contributed by atoms with Gasteiger partial charge < -0.3 is 28.6 Å². The average Bonchev–Trinajstić information content (AvgIpc) is 2.52. The van der Waals surface area contributed by atoms with Crippen LogP contribution in [0.15, 0.2) is 17.3 Å². The molecule has 0 aromatic carbocycles. The van der Waals surface area contributed by atoms with Gasteiger partial charge in [-0.1, -0.05) is 6.58 Å². The van der Waals surface area contributed by atoms with Crippen molar-refractivity contribution in [3.63, 3.8) is 0 Å². The Morgan fingerprint density at radius 2 is 1.68 bits per heavy atom. The molecule has 148 valence electrons. The summed E-state index contributed by atoms with van der Waals surface area (Å²) in [7, 11) is -2.75. The number of hydrogen-bond acceptors (Lipinski definition) is 5. The largest absolute Gasteiger partial charge is 0.529 e. The molecule has 0 unspecified atom stereocenters. The van der Waals surface area contributed by atoms with Crippen LogP contribution in [-0.2, 0) is 18.0 Å². The maximum atomic E-state index is 5.79. The molecular formula is C17H37N3O4Si. The lowest BCUT2D eigenvalue weighted by Crippen LogP contribution is -2.45. The third kappa shape index (κ3) is 12.1. The molecule has 0 bridgehead atoms. The number of nitrogens with zero attached hydrogens (tertiary/aromatic N) is 1. The number of nitrogens with one attached hydrogen (secondary N) is 2. The Kier molecular flexibility index (Phi) is 13.7. The molecule has 2 N–H and O–H groups in total. The number of aliphatic imine (C=N–C) groups is 1. The zero-order chi connectivity index (χ0) is 19.1. The quantitative estimate of drug-likeness (QED) is 0.210. The molecule has 25 heavy (non-hydrogen) atoms. The van der Waals surface area contributed by atoms with Crippen molar-refractivity contribution >= 4 is 14.8 Å².